The number of benzene rings is 1. The van der Waals surface area contributed by atoms with Gasteiger partial charge in [-0.15, -0.1) is 5.10 Å². The largest absolute Gasteiger partial charge is 0.478 e. The van der Waals surface area contributed by atoms with Gasteiger partial charge in [-0.1, -0.05) is 19.9 Å². The number of alkyl halides is 3. The van der Waals surface area contributed by atoms with Crippen LogP contribution in [0.3, 0.4) is 0 Å². The van der Waals surface area contributed by atoms with Crippen molar-refractivity contribution in [3.05, 3.63) is 63.7 Å². The molecule has 1 aliphatic heterocycles. The summed E-state index contributed by atoms with van der Waals surface area (Å²) in [6, 6.07) is 5.22. The Hall–Kier alpha value is -3.74. The van der Waals surface area contributed by atoms with E-state index in [4.69, 9.17) is 15.6 Å². The Morgan fingerprint density at radius 3 is 2.61 bits per heavy atom. The number of nitrogens with zero attached hydrogens (tertiary/aromatic N) is 2. The third kappa shape index (κ3) is 3.52. The molecular weight excluding hydrogens is 413 g/mol. The van der Waals surface area contributed by atoms with Crippen LogP contribution < -0.4 is 10.5 Å². The number of carboxylic acid groups (broad SMARTS) is 1. The Balaban J connectivity index is 2.47. The first-order valence-corrected chi connectivity index (χ1v) is 9.20. The van der Waals surface area contributed by atoms with Gasteiger partial charge < -0.3 is 15.6 Å². The number of aliphatic carboxylic acids is 1. The number of aromatic nitrogens is 2. The molecule has 1 unspecified atom stereocenters. The zero-order chi connectivity index (χ0) is 23.1. The summed E-state index contributed by atoms with van der Waals surface area (Å²) in [6.45, 7) is 5.17. The van der Waals surface area contributed by atoms with Crippen LogP contribution in [0.5, 0.6) is 5.88 Å². The van der Waals surface area contributed by atoms with Crippen molar-refractivity contribution >= 4 is 12.0 Å². The Morgan fingerprint density at radius 1 is 1.39 bits per heavy atom. The lowest BCUT2D eigenvalue weighted by molar-refractivity contribution is -0.137. The standard InChI is InChI=1S/C21H19F3N4O3/c1-10(2)20(15(9-25)18(26)31-19-17(20)11(3)27-28-19)13-6-12(4-5-16(29)30)7-14(8-13)21(22,23)24/h4-8,10H,26H2,1-3H3,(H,27,28)(H,29,30)/b5-4+. The second kappa shape index (κ2) is 7.50. The maximum atomic E-state index is 13.7. The second-order valence-corrected chi connectivity index (χ2v) is 7.46. The minimum absolute atomic E-state index is 0.0114. The summed E-state index contributed by atoms with van der Waals surface area (Å²) in [4.78, 5) is 10.9. The van der Waals surface area contributed by atoms with Gasteiger partial charge >= 0.3 is 12.1 Å². The van der Waals surface area contributed by atoms with Gasteiger partial charge in [0.1, 0.15) is 11.6 Å². The number of hydrogen-bond donors (Lipinski definition) is 3. The molecule has 31 heavy (non-hydrogen) atoms. The number of aryl methyl sites for hydroxylation is 1. The number of hydrogen-bond acceptors (Lipinski definition) is 5. The molecule has 1 atom stereocenters. The Labute approximate surface area is 175 Å². The van der Waals surface area contributed by atoms with Crippen molar-refractivity contribution in [2.24, 2.45) is 11.7 Å². The van der Waals surface area contributed by atoms with E-state index in [2.05, 4.69) is 10.2 Å². The highest BCUT2D eigenvalue weighted by molar-refractivity contribution is 5.85. The van der Waals surface area contributed by atoms with Gasteiger partial charge in [-0.2, -0.15) is 18.4 Å². The van der Waals surface area contributed by atoms with Gasteiger partial charge in [0.2, 0.25) is 11.8 Å². The first kappa shape index (κ1) is 22.0. The quantitative estimate of drug-likeness (QED) is 0.630. The molecule has 3 rings (SSSR count). The summed E-state index contributed by atoms with van der Waals surface area (Å²) in [5, 5.41) is 25.6. The number of fused-ring (bicyclic) bond motifs is 1. The van der Waals surface area contributed by atoms with Crippen LogP contribution >= 0.6 is 0 Å². The van der Waals surface area contributed by atoms with Crippen molar-refractivity contribution < 1.29 is 27.8 Å². The number of nitrogens with two attached hydrogens (primary N) is 1. The average Bonchev–Trinajstić information content (AvgIpc) is 3.04. The summed E-state index contributed by atoms with van der Waals surface area (Å²) >= 11 is 0. The summed E-state index contributed by atoms with van der Waals surface area (Å²) in [5.41, 5.74) is 4.59. The summed E-state index contributed by atoms with van der Waals surface area (Å²) in [7, 11) is 0. The van der Waals surface area contributed by atoms with E-state index in [1.54, 1.807) is 20.8 Å². The number of rotatable bonds is 4. The number of nitriles is 1. The Kier molecular flexibility index (Phi) is 5.31. The van der Waals surface area contributed by atoms with Gasteiger partial charge in [0.05, 0.1) is 16.5 Å². The van der Waals surface area contributed by atoms with Gasteiger partial charge in [-0.3, -0.25) is 5.10 Å². The maximum absolute atomic E-state index is 13.7. The third-order valence-electron chi connectivity index (χ3n) is 5.29. The summed E-state index contributed by atoms with van der Waals surface area (Å²) < 4.78 is 46.6. The van der Waals surface area contributed by atoms with E-state index in [0.29, 0.717) is 11.3 Å². The number of nitrogens with one attached hydrogen (secondary N) is 1. The van der Waals surface area contributed by atoms with Crippen LogP contribution in [-0.2, 0) is 16.4 Å². The van der Waals surface area contributed by atoms with Crippen LogP contribution in [0, 0.1) is 24.2 Å². The van der Waals surface area contributed by atoms with E-state index in [0.717, 1.165) is 24.3 Å². The Bertz CT molecular complexity index is 1160. The van der Waals surface area contributed by atoms with Crippen LogP contribution in [0.15, 0.2) is 35.7 Å². The van der Waals surface area contributed by atoms with Crippen molar-refractivity contribution in [2.45, 2.75) is 32.4 Å². The molecule has 2 aromatic rings. The maximum Gasteiger partial charge on any atom is 0.416 e. The van der Waals surface area contributed by atoms with E-state index in [1.165, 1.54) is 6.07 Å². The van der Waals surface area contributed by atoms with E-state index in [9.17, 15) is 23.2 Å². The predicted octanol–water partition coefficient (Wildman–Crippen LogP) is 3.86. The van der Waals surface area contributed by atoms with E-state index >= 15 is 0 Å². The van der Waals surface area contributed by atoms with Crippen molar-refractivity contribution in [1.29, 1.82) is 5.26 Å². The zero-order valence-corrected chi connectivity index (χ0v) is 16.8. The van der Waals surface area contributed by atoms with E-state index in [1.807, 2.05) is 6.07 Å². The van der Waals surface area contributed by atoms with Crippen LogP contribution in [0.2, 0.25) is 0 Å². The number of allylic oxidation sites excluding steroid dienone is 1. The monoisotopic (exact) mass is 432 g/mol. The first-order valence-electron chi connectivity index (χ1n) is 9.20. The number of aromatic amines is 1. The normalized spacial score (nSPS) is 18.8. The molecule has 1 aromatic carbocycles. The molecule has 0 amide bonds. The number of carboxylic acids is 1. The van der Waals surface area contributed by atoms with Crippen molar-refractivity contribution in [1.82, 2.24) is 10.2 Å². The minimum atomic E-state index is -4.71. The lowest BCUT2D eigenvalue weighted by Gasteiger charge is -2.41. The molecule has 2 heterocycles. The smallest absolute Gasteiger partial charge is 0.416 e. The van der Waals surface area contributed by atoms with Crippen LogP contribution in [0.1, 0.15) is 41.8 Å². The zero-order valence-electron chi connectivity index (χ0n) is 16.8. The molecular formula is C21H19F3N4O3. The van der Waals surface area contributed by atoms with Crippen molar-refractivity contribution in [3.63, 3.8) is 0 Å². The molecule has 0 fully saturated rings. The van der Waals surface area contributed by atoms with E-state index in [-0.39, 0.29) is 28.5 Å². The van der Waals surface area contributed by atoms with Crippen LogP contribution in [0.4, 0.5) is 13.2 Å². The predicted molar refractivity (Wildman–Crippen MR) is 105 cm³/mol. The van der Waals surface area contributed by atoms with Crippen LogP contribution in [-0.4, -0.2) is 21.3 Å². The molecule has 162 valence electrons. The molecule has 0 spiro atoms. The molecule has 0 saturated carbocycles. The SMILES string of the molecule is Cc1[nH]nc2c1C(c1cc(/C=C/C(=O)O)cc(C(F)(F)F)c1)(C(C)C)C(C#N)=C(N)O2. The van der Waals surface area contributed by atoms with E-state index < -0.39 is 29.0 Å². The Morgan fingerprint density at radius 2 is 2.06 bits per heavy atom. The lowest BCUT2D eigenvalue weighted by atomic mass is 9.61. The fourth-order valence-corrected chi connectivity index (χ4v) is 4.07. The molecule has 1 aromatic heterocycles. The number of carbonyl (C=O) groups is 1. The summed E-state index contributed by atoms with van der Waals surface area (Å²) in [5.74, 6) is -1.93. The van der Waals surface area contributed by atoms with Crippen molar-refractivity contribution in [2.75, 3.05) is 0 Å². The van der Waals surface area contributed by atoms with Gasteiger partial charge in [-0.25, -0.2) is 4.79 Å². The third-order valence-corrected chi connectivity index (χ3v) is 5.29. The molecule has 10 heteroatoms. The highest BCUT2D eigenvalue weighted by atomic mass is 19.4. The number of H-pyrrole nitrogens is 1. The molecule has 0 aliphatic carbocycles. The van der Waals surface area contributed by atoms with Crippen molar-refractivity contribution in [3.8, 4) is 11.9 Å². The van der Waals surface area contributed by atoms with Gasteiger partial charge in [-0.05, 0) is 42.2 Å². The highest BCUT2D eigenvalue weighted by Crippen LogP contribution is 2.53. The topological polar surface area (TPSA) is 125 Å². The van der Waals surface area contributed by atoms with Gasteiger partial charge in [0.15, 0.2) is 0 Å². The molecule has 0 saturated heterocycles. The molecule has 0 radical (unpaired) electrons. The highest BCUT2D eigenvalue weighted by Gasteiger charge is 2.51. The number of halogens is 3. The average molecular weight is 432 g/mol. The summed E-state index contributed by atoms with van der Waals surface area (Å²) in [6.07, 6.45) is -2.90. The van der Waals surface area contributed by atoms with Gasteiger partial charge in [0, 0.05) is 11.8 Å². The molecule has 7 nitrogen and oxygen atoms in total. The van der Waals surface area contributed by atoms with Crippen LogP contribution in [0.25, 0.3) is 6.08 Å². The first-order chi connectivity index (χ1) is 14.4. The molecule has 0 bridgehead atoms. The lowest BCUT2D eigenvalue weighted by Crippen LogP contribution is -2.41. The molecule has 1 aliphatic rings. The number of ether oxygens (including phenoxy) is 1. The minimum Gasteiger partial charge on any atom is -0.478 e. The molecule has 4 N–H and O–H groups in total. The second-order valence-electron chi connectivity index (χ2n) is 7.46. The fraction of sp³-hybridized carbons (Fsp3) is 0.286. The fourth-order valence-electron chi connectivity index (χ4n) is 4.07. The van der Waals surface area contributed by atoms with Gasteiger partial charge in [0.25, 0.3) is 0 Å².